The summed E-state index contributed by atoms with van der Waals surface area (Å²) in [5, 5.41) is 0. The summed E-state index contributed by atoms with van der Waals surface area (Å²) in [6, 6.07) is 30.8. The van der Waals surface area contributed by atoms with Crippen molar-refractivity contribution in [1.29, 1.82) is 0 Å². The quantitative estimate of drug-likeness (QED) is 0.320. The number of aldehydes is 1. The Hall–Kier alpha value is -3.50. The van der Waals surface area contributed by atoms with Gasteiger partial charge in [-0.1, -0.05) is 91.0 Å². The van der Waals surface area contributed by atoms with Crippen LogP contribution in [0.4, 0.5) is 0 Å². The second kappa shape index (κ2) is 8.89. The molecule has 3 aromatic carbocycles. The number of carbonyl (C=O) groups is 1. The highest BCUT2D eigenvalue weighted by Gasteiger charge is 2.40. The molecule has 0 unspecified atom stereocenters. The van der Waals surface area contributed by atoms with Gasteiger partial charge in [0.05, 0.1) is 18.6 Å². The number of imidazole rings is 1. The molecule has 0 amide bonds. The van der Waals surface area contributed by atoms with Crippen molar-refractivity contribution in [1.82, 2.24) is 9.55 Å². The summed E-state index contributed by atoms with van der Waals surface area (Å²) in [6.07, 6.45) is 3.26. The molecule has 0 saturated heterocycles. The number of hydrogen-bond donors (Lipinski definition) is 0. The number of hydrogen-bond acceptors (Lipinski definition) is 3. The first-order valence-corrected chi connectivity index (χ1v) is 9.99. The molecule has 4 aromatic rings. The molecule has 0 spiro atoms. The Balaban J connectivity index is 2.09. The molecule has 150 valence electrons. The second-order valence-electron chi connectivity index (χ2n) is 7.12. The van der Waals surface area contributed by atoms with Crippen molar-refractivity contribution in [2.24, 2.45) is 0 Å². The van der Waals surface area contributed by atoms with E-state index in [2.05, 4.69) is 41.4 Å². The van der Waals surface area contributed by atoms with Crippen molar-refractivity contribution < 1.29 is 9.53 Å². The smallest absolute Gasteiger partial charge is 0.168 e. The molecule has 4 nitrogen and oxygen atoms in total. The van der Waals surface area contributed by atoms with Crippen LogP contribution in [0.15, 0.2) is 97.3 Å². The first kappa shape index (κ1) is 19.8. The molecule has 0 aliphatic carbocycles. The summed E-state index contributed by atoms with van der Waals surface area (Å²) in [4.78, 5) is 16.9. The SMILES string of the molecule is COCCc1ncn(C(c2ccccc2)(c2ccccc2)c2ccccc2)c1C=O. The average Bonchev–Trinajstić information content (AvgIpc) is 3.23. The van der Waals surface area contributed by atoms with Gasteiger partial charge in [-0.3, -0.25) is 4.79 Å². The van der Waals surface area contributed by atoms with Crippen molar-refractivity contribution in [3.05, 3.63) is 125 Å². The van der Waals surface area contributed by atoms with Crippen molar-refractivity contribution in [2.45, 2.75) is 12.0 Å². The van der Waals surface area contributed by atoms with Gasteiger partial charge in [-0.25, -0.2) is 4.98 Å². The molecule has 30 heavy (non-hydrogen) atoms. The molecule has 0 fully saturated rings. The first-order valence-electron chi connectivity index (χ1n) is 9.99. The third-order valence-corrected chi connectivity index (χ3v) is 5.47. The van der Waals surface area contributed by atoms with E-state index in [4.69, 9.17) is 4.74 Å². The van der Waals surface area contributed by atoms with Crippen LogP contribution in [-0.4, -0.2) is 29.6 Å². The highest BCUT2D eigenvalue weighted by molar-refractivity contribution is 5.75. The second-order valence-corrected chi connectivity index (χ2v) is 7.12. The van der Waals surface area contributed by atoms with Crippen LogP contribution in [0.25, 0.3) is 0 Å². The summed E-state index contributed by atoms with van der Waals surface area (Å²) in [5.74, 6) is 0. The summed E-state index contributed by atoms with van der Waals surface area (Å²) >= 11 is 0. The fourth-order valence-electron chi connectivity index (χ4n) is 4.13. The van der Waals surface area contributed by atoms with Gasteiger partial charge in [0.2, 0.25) is 0 Å². The maximum absolute atomic E-state index is 12.3. The Morgan fingerprint density at radius 1 is 0.833 bits per heavy atom. The van der Waals surface area contributed by atoms with Crippen LogP contribution in [0.1, 0.15) is 32.9 Å². The van der Waals surface area contributed by atoms with E-state index >= 15 is 0 Å². The Bertz CT molecular complexity index is 993. The summed E-state index contributed by atoms with van der Waals surface area (Å²) in [5.41, 5.74) is 3.73. The van der Waals surface area contributed by atoms with E-state index < -0.39 is 5.54 Å². The number of rotatable bonds is 8. The molecule has 1 aromatic heterocycles. The Morgan fingerprint density at radius 3 is 1.70 bits per heavy atom. The highest BCUT2D eigenvalue weighted by atomic mass is 16.5. The van der Waals surface area contributed by atoms with E-state index in [9.17, 15) is 4.79 Å². The average molecular weight is 396 g/mol. The third-order valence-electron chi connectivity index (χ3n) is 5.47. The molecular formula is C26H24N2O2. The number of carbonyl (C=O) groups excluding carboxylic acids is 1. The van der Waals surface area contributed by atoms with Crippen LogP contribution in [-0.2, 0) is 16.7 Å². The zero-order valence-corrected chi connectivity index (χ0v) is 16.9. The normalized spacial score (nSPS) is 11.4. The number of benzene rings is 3. The summed E-state index contributed by atoms with van der Waals surface area (Å²) in [7, 11) is 1.65. The molecule has 0 bridgehead atoms. The summed E-state index contributed by atoms with van der Waals surface area (Å²) < 4.78 is 7.23. The molecule has 4 rings (SSSR count). The minimum atomic E-state index is -0.738. The maximum Gasteiger partial charge on any atom is 0.168 e. The van der Waals surface area contributed by atoms with Crippen molar-refractivity contribution >= 4 is 6.29 Å². The van der Waals surface area contributed by atoms with E-state index in [1.807, 2.05) is 59.2 Å². The van der Waals surface area contributed by atoms with Gasteiger partial charge in [0.15, 0.2) is 6.29 Å². The van der Waals surface area contributed by atoms with Gasteiger partial charge >= 0.3 is 0 Å². The van der Waals surface area contributed by atoms with Gasteiger partial charge in [-0.2, -0.15) is 0 Å². The molecule has 0 radical (unpaired) electrons. The molecular weight excluding hydrogens is 372 g/mol. The lowest BCUT2D eigenvalue weighted by molar-refractivity contribution is 0.111. The van der Waals surface area contributed by atoms with Crippen molar-refractivity contribution in [2.75, 3.05) is 13.7 Å². The van der Waals surface area contributed by atoms with Gasteiger partial charge in [0.1, 0.15) is 11.2 Å². The molecule has 0 aliphatic heterocycles. The van der Waals surface area contributed by atoms with Crippen LogP contribution in [0.5, 0.6) is 0 Å². The highest BCUT2D eigenvalue weighted by Crippen LogP contribution is 2.41. The van der Waals surface area contributed by atoms with Gasteiger partial charge in [0, 0.05) is 13.5 Å². The van der Waals surface area contributed by atoms with E-state index in [1.54, 1.807) is 13.4 Å². The van der Waals surface area contributed by atoms with Crippen molar-refractivity contribution in [3.8, 4) is 0 Å². The van der Waals surface area contributed by atoms with Gasteiger partial charge in [-0.15, -0.1) is 0 Å². The van der Waals surface area contributed by atoms with Gasteiger partial charge < -0.3 is 9.30 Å². The number of ether oxygens (including phenoxy) is 1. The maximum atomic E-state index is 12.3. The van der Waals surface area contributed by atoms with Gasteiger partial charge in [-0.05, 0) is 16.7 Å². The number of aromatic nitrogens is 2. The lowest BCUT2D eigenvalue weighted by Gasteiger charge is -2.38. The standard InChI is InChI=1S/C26H24N2O2/c1-30-18-17-24-25(19-29)28(20-27-24)26(21-11-5-2-6-12-21,22-13-7-3-8-14-22)23-15-9-4-10-16-23/h2-16,19-20H,17-18H2,1H3. The Labute approximate surface area is 176 Å². The minimum absolute atomic E-state index is 0.507. The molecule has 0 atom stereocenters. The fourth-order valence-corrected chi connectivity index (χ4v) is 4.13. The monoisotopic (exact) mass is 396 g/mol. The zero-order valence-electron chi connectivity index (χ0n) is 16.9. The van der Waals surface area contributed by atoms with Crippen LogP contribution < -0.4 is 0 Å². The Morgan fingerprint density at radius 2 is 1.30 bits per heavy atom. The van der Waals surface area contributed by atoms with Gasteiger partial charge in [0.25, 0.3) is 0 Å². The third kappa shape index (κ3) is 3.36. The molecule has 0 aliphatic rings. The van der Waals surface area contributed by atoms with Crippen LogP contribution in [0.2, 0.25) is 0 Å². The molecule has 0 saturated carbocycles. The van der Waals surface area contributed by atoms with Crippen LogP contribution in [0.3, 0.4) is 0 Å². The van der Waals surface area contributed by atoms with E-state index in [1.165, 1.54) is 0 Å². The Kier molecular flexibility index (Phi) is 5.87. The molecule has 4 heteroatoms. The number of methoxy groups -OCH3 is 1. The fraction of sp³-hybridized carbons (Fsp3) is 0.154. The van der Waals surface area contributed by atoms with Crippen LogP contribution in [0, 0.1) is 0 Å². The first-order chi connectivity index (χ1) is 14.8. The molecule has 1 heterocycles. The zero-order chi connectivity index (χ0) is 20.8. The predicted octanol–water partition coefficient (Wildman–Crippen LogP) is 4.72. The minimum Gasteiger partial charge on any atom is -0.384 e. The number of nitrogens with zero attached hydrogens (tertiary/aromatic N) is 2. The lowest BCUT2D eigenvalue weighted by Crippen LogP contribution is -2.38. The summed E-state index contributed by atoms with van der Waals surface area (Å²) in [6.45, 7) is 0.507. The lowest BCUT2D eigenvalue weighted by atomic mass is 9.76. The topological polar surface area (TPSA) is 44.1 Å². The van der Waals surface area contributed by atoms with E-state index in [0.29, 0.717) is 18.7 Å². The van der Waals surface area contributed by atoms with Crippen LogP contribution >= 0.6 is 0 Å². The van der Waals surface area contributed by atoms with E-state index in [0.717, 1.165) is 28.7 Å². The largest absolute Gasteiger partial charge is 0.384 e. The predicted molar refractivity (Wildman–Crippen MR) is 118 cm³/mol. The van der Waals surface area contributed by atoms with Crippen molar-refractivity contribution in [3.63, 3.8) is 0 Å². The van der Waals surface area contributed by atoms with E-state index in [-0.39, 0.29) is 0 Å². The molecule has 0 N–H and O–H groups in total.